The van der Waals surface area contributed by atoms with Crippen LogP contribution in [-0.4, -0.2) is 42.2 Å². The molecule has 4 aliphatic carbocycles. The van der Waals surface area contributed by atoms with Gasteiger partial charge in [0.25, 0.3) is 5.91 Å². The number of nitrogens with zero attached hydrogens (tertiary/aromatic N) is 4. The summed E-state index contributed by atoms with van der Waals surface area (Å²) in [5, 5.41) is 23.4. The zero-order valence-electron chi connectivity index (χ0n) is 17.1. The molecule has 0 aromatic carbocycles. The quantitative estimate of drug-likeness (QED) is 0.803. The van der Waals surface area contributed by atoms with Crippen LogP contribution < -0.4 is 5.32 Å². The van der Waals surface area contributed by atoms with E-state index in [0.717, 1.165) is 32.1 Å². The molecule has 4 fully saturated rings. The Morgan fingerprint density at radius 3 is 2.45 bits per heavy atom. The Morgan fingerprint density at radius 2 is 1.90 bits per heavy atom. The molecule has 2 heterocycles. The van der Waals surface area contributed by atoms with E-state index in [9.17, 15) is 9.90 Å². The minimum atomic E-state index is -0.508. The minimum Gasteiger partial charge on any atom is -0.390 e. The first-order chi connectivity index (χ1) is 13.6. The van der Waals surface area contributed by atoms with E-state index >= 15 is 0 Å². The summed E-state index contributed by atoms with van der Waals surface area (Å²) in [6.07, 6.45) is 9.61. The predicted molar refractivity (Wildman–Crippen MR) is 109 cm³/mol. The molecule has 1 amide bonds. The monoisotopic (exact) mass is 417 g/mol. The van der Waals surface area contributed by atoms with Crippen LogP contribution in [0.3, 0.4) is 0 Å². The Hall–Kier alpha value is -1.86. The Balaban J connectivity index is 1.46. The molecular weight excluding hydrogens is 390 g/mol. The first-order valence-corrected chi connectivity index (χ1v) is 10.8. The van der Waals surface area contributed by atoms with E-state index < -0.39 is 5.60 Å². The summed E-state index contributed by atoms with van der Waals surface area (Å²) in [6.45, 7) is 6.11. The number of carbonyl (C=O) groups excluding carboxylic acids is 1. The molecule has 8 heteroatoms. The molecule has 4 saturated carbocycles. The van der Waals surface area contributed by atoms with Crippen molar-refractivity contribution < 1.29 is 9.90 Å². The van der Waals surface area contributed by atoms with E-state index in [1.807, 2.05) is 25.5 Å². The highest BCUT2D eigenvalue weighted by atomic mass is 35.5. The Kier molecular flexibility index (Phi) is 4.17. The van der Waals surface area contributed by atoms with Gasteiger partial charge in [-0.25, -0.2) is 9.36 Å². The van der Waals surface area contributed by atoms with Gasteiger partial charge < -0.3 is 10.4 Å². The minimum absolute atomic E-state index is 0.117. The highest BCUT2D eigenvalue weighted by molar-refractivity contribution is 6.30. The van der Waals surface area contributed by atoms with Crippen molar-refractivity contribution in [3.05, 3.63) is 29.2 Å². The average Bonchev–Trinajstić information content (AvgIpc) is 3.22. The topological polar surface area (TPSA) is 85.0 Å². The third kappa shape index (κ3) is 3.19. The largest absolute Gasteiger partial charge is 0.390 e. The summed E-state index contributed by atoms with van der Waals surface area (Å²) in [5.74, 6) is 1.80. The lowest BCUT2D eigenvalue weighted by molar-refractivity contribution is -0.136. The molecule has 6 rings (SSSR count). The van der Waals surface area contributed by atoms with Gasteiger partial charge in [-0.2, -0.15) is 10.2 Å². The van der Waals surface area contributed by atoms with Crippen molar-refractivity contribution in [2.45, 2.75) is 70.1 Å². The van der Waals surface area contributed by atoms with E-state index in [4.69, 9.17) is 11.6 Å². The van der Waals surface area contributed by atoms with Gasteiger partial charge in [0.2, 0.25) is 0 Å². The molecule has 0 aliphatic heterocycles. The standard InChI is InChI=1S/C21H28ClN5O2/c1-20(2,3)27-19(26-11-15(22)9-23-26)16(10-24-27)18(28)25-17-13-4-12-5-14(17)8-21(29,6-12)7-13/h9-14,17,29H,4-8H2,1-3H3,(H,25,28)/t12?,13-,14-,17?,21?/m0/s1. The fourth-order valence-electron chi connectivity index (χ4n) is 6.08. The maximum absolute atomic E-state index is 13.4. The van der Waals surface area contributed by atoms with Gasteiger partial charge >= 0.3 is 0 Å². The highest BCUT2D eigenvalue weighted by Crippen LogP contribution is 2.55. The van der Waals surface area contributed by atoms with E-state index in [1.54, 1.807) is 23.3 Å². The fourth-order valence-corrected chi connectivity index (χ4v) is 6.21. The lowest BCUT2D eigenvalue weighted by Gasteiger charge is -2.58. The van der Waals surface area contributed by atoms with E-state index in [2.05, 4.69) is 15.5 Å². The number of halogens is 1. The number of rotatable bonds is 3. The number of hydrogen-bond acceptors (Lipinski definition) is 4. The SMILES string of the molecule is CC(C)(C)n1ncc(C(=O)NC2[C@H]3CC4C[C@H]2CC(O)(C4)C3)c1-n1cc(Cl)cn1. The van der Waals surface area contributed by atoms with Crippen LogP contribution in [0.4, 0.5) is 0 Å². The van der Waals surface area contributed by atoms with Crippen molar-refractivity contribution in [3.8, 4) is 5.82 Å². The number of nitrogens with one attached hydrogen (secondary N) is 1. The van der Waals surface area contributed by atoms with Gasteiger partial charge in [0.15, 0.2) is 5.82 Å². The lowest BCUT2D eigenvalue weighted by atomic mass is 9.52. The van der Waals surface area contributed by atoms with E-state index in [1.165, 1.54) is 0 Å². The summed E-state index contributed by atoms with van der Waals surface area (Å²) >= 11 is 6.09. The van der Waals surface area contributed by atoms with Gasteiger partial charge in [-0.1, -0.05) is 11.6 Å². The van der Waals surface area contributed by atoms with Crippen LogP contribution in [0.15, 0.2) is 18.6 Å². The highest BCUT2D eigenvalue weighted by Gasteiger charge is 2.55. The maximum Gasteiger partial charge on any atom is 0.256 e. The molecule has 0 saturated heterocycles. The van der Waals surface area contributed by atoms with Crippen molar-refractivity contribution in [1.82, 2.24) is 24.9 Å². The Bertz CT molecular complexity index is 943. The lowest BCUT2D eigenvalue weighted by Crippen LogP contribution is -2.61. The second kappa shape index (κ2) is 6.32. The summed E-state index contributed by atoms with van der Waals surface area (Å²) in [5.41, 5.74) is -0.337. The van der Waals surface area contributed by atoms with E-state index in [0.29, 0.717) is 34.2 Å². The van der Waals surface area contributed by atoms with Gasteiger partial charge in [-0.05, 0) is 70.6 Å². The molecule has 2 atom stereocenters. The zero-order chi connectivity index (χ0) is 20.6. The summed E-state index contributed by atoms with van der Waals surface area (Å²) in [4.78, 5) is 13.4. The van der Waals surface area contributed by atoms with Crippen LogP contribution >= 0.6 is 11.6 Å². The second-order valence-electron chi connectivity index (χ2n) is 10.3. The van der Waals surface area contributed by atoms with Crippen molar-refractivity contribution >= 4 is 17.5 Å². The second-order valence-corrected chi connectivity index (χ2v) is 10.7. The van der Waals surface area contributed by atoms with Gasteiger partial charge in [-0.3, -0.25) is 4.79 Å². The third-order valence-electron chi connectivity index (χ3n) is 6.93. The molecule has 0 radical (unpaired) electrons. The van der Waals surface area contributed by atoms with Crippen LogP contribution in [0.5, 0.6) is 0 Å². The number of aliphatic hydroxyl groups is 1. The van der Waals surface area contributed by atoms with Crippen molar-refractivity contribution in [1.29, 1.82) is 0 Å². The van der Waals surface area contributed by atoms with Gasteiger partial charge in [0.05, 0.1) is 34.8 Å². The average molecular weight is 418 g/mol. The van der Waals surface area contributed by atoms with Crippen molar-refractivity contribution in [2.75, 3.05) is 0 Å². The van der Waals surface area contributed by atoms with Crippen LogP contribution in [-0.2, 0) is 5.54 Å². The number of amides is 1. The normalized spacial score (nSPS) is 33.3. The zero-order valence-corrected chi connectivity index (χ0v) is 17.9. The molecule has 4 aliphatic rings. The van der Waals surface area contributed by atoms with Crippen LogP contribution in [0.2, 0.25) is 5.02 Å². The molecule has 4 bridgehead atoms. The van der Waals surface area contributed by atoms with Crippen LogP contribution in [0, 0.1) is 17.8 Å². The number of aromatic nitrogens is 4. The van der Waals surface area contributed by atoms with Gasteiger partial charge in [-0.15, -0.1) is 0 Å². The molecule has 156 valence electrons. The van der Waals surface area contributed by atoms with Crippen molar-refractivity contribution in [3.63, 3.8) is 0 Å². The molecule has 2 N–H and O–H groups in total. The molecular formula is C21H28ClN5O2. The summed E-state index contributed by atoms with van der Waals surface area (Å²) < 4.78 is 3.43. The first kappa shape index (κ1) is 19.1. The summed E-state index contributed by atoms with van der Waals surface area (Å²) in [7, 11) is 0. The third-order valence-corrected chi connectivity index (χ3v) is 7.13. The van der Waals surface area contributed by atoms with E-state index in [-0.39, 0.29) is 17.5 Å². The number of carbonyl (C=O) groups is 1. The first-order valence-electron chi connectivity index (χ1n) is 10.5. The molecule has 0 spiro atoms. The maximum atomic E-state index is 13.4. The molecule has 29 heavy (non-hydrogen) atoms. The molecule has 7 nitrogen and oxygen atoms in total. The Labute approximate surface area is 175 Å². The van der Waals surface area contributed by atoms with Gasteiger partial charge in [0, 0.05) is 6.04 Å². The predicted octanol–water partition coefficient (Wildman–Crippen LogP) is 3.15. The summed E-state index contributed by atoms with van der Waals surface area (Å²) in [6, 6.07) is 0.117. The molecule has 0 unspecified atom stereocenters. The van der Waals surface area contributed by atoms with Gasteiger partial charge in [0.1, 0.15) is 5.56 Å². The van der Waals surface area contributed by atoms with Crippen LogP contribution in [0.25, 0.3) is 5.82 Å². The Morgan fingerprint density at radius 1 is 1.21 bits per heavy atom. The molecule has 2 aromatic heterocycles. The fraction of sp³-hybridized carbons (Fsp3) is 0.667. The smallest absolute Gasteiger partial charge is 0.256 e. The van der Waals surface area contributed by atoms with Crippen molar-refractivity contribution in [2.24, 2.45) is 17.8 Å². The molecule has 2 aromatic rings. The number of hydrogen-bond donors (Lipinski definition) is 2. The van der Waals surface area contributed by atoms with Crippen LogP contribution in [0.1, 0.15) is 63.2 Å².